The van der Waals surface area contributed by atoms with Crippen LogP contribution in [0.2, 0.25) is 0 Å². The summed E-state index contributed by atoms with van der Waals surface area (Å²) in [6, 6.07) is 22.3. The molecule has 0 atom stereocenters. The van der Waals surface area contributed by atoms with Crippen LogP contribution >= 0.6 is 0 Å². The third kappa shape index (κ3) is 3.95. The third-order valence-electron chi connectivity index (χ3n) is 6.73. The van der Waals surface area contributed by atoms with Gasteiger partial charge in [0, 0.05) is 25.4 Å². The zero-order valence-corrected chi connectivity index (χ0v) is 19.5. The van der Waals surface area contributed by atoms with Gasteiger partial charge in [0.2, 0.25) is 0 Å². The van der Waals surface area contributed by atoms with Gasteiger partial charge in [0.1, 0.15) is 5.82 Å². The van der Waals surface area contributed by atoms with Gasteiger partial charge in [-0.15, -0.1) is 0 Å². The Morgan fingerprint density at radius 2 is 1.97 bits per heavy atom. The molecule has 3 aromatic carbocycles. The molecule has 7 heteroatoms. The zero-order valence-electron chi connectivity index (χ0n) is 19.5. The summed E-state index contributed by atoms with van der Waals surface area (Å²) in [6.07, 6.45) is 4.45. The number of carbonyl (C=O) groups excluding carboxylic acids is 1. The first kappa shape index (κ1) is 21.2. The number of nitrogens with zero attached hydrogens (tertiary/aromatic N) is 4. The SMILES string of the molecule is Cn1c(CN2CNc3ccncc32)nc2ccc(C(=O)NCCc3cccc4ccccc34)cc21. The van der Waals surface area contributed by atoms with E-state index < -0.39 is 0 Å². The van der Waals surface area contributed by atoms with Crippen LogP contribution in [0.3, 0.4) is 0 Å². The molecule has 35 heavy (non-hydrogen) atoms. The Hall–Kier alpha value is -4.39. The van der Waals surface area contributed by atoms with Crippen LogP contribution in [0.4, 0.5) is 11.4 Å². The van der Waals surface area contributed by atoms with Gasteiger partial charge in [0.15, 0.2) is 0 Å². The maximum absolute atomic E-state index is 12.9. The van der Waals surface area contributed by atoms with Crippen LogP contribution in [0.15, 0.2) is 79.1 Å². The van der Waals surface area contributed by atoms with Crippen LogP contribution in [0.5, 0.6) is 0 Å². The van der Waals surface area contributed by atoms with Crippen molar-refractivity contribution in [3.63, 3.8) is 0 Å². The Bertz CT molecular complexity index is 1550. The van der Waals surface area contributed by atoms with Gasteiger partial charge >= 0.3 is 0 Å². The van der Waals surface area contributed by atoms with E-state index in [0.29, 0.717) is 25.3 Å². The summed E-state index contributed by atoms with van der Waals surface area (Å²) < 4.78 is 2.07. The fourth-order valence-corrected chi connectivity index (χ4v) is 4.81. The molecule has 0 radical (unpaired) electrons. The number of aryl methyl sites for hydroxylation is 1. The second-order valence-corrected chi connectivity index (χ2v) is 8.86. The average molecular weight is 463 g/mol. The van der Waals surface area contributed by atoms with E-state index in [-0.39, 0.29) is 5.91 Å². The standard InChI is InChI=1S/C28H26N6O/c1-33-25-15-21(28(35)30-14-11-20-7-4-6-19-5-2-3-8-22(19)20)9-10-24(25)32-27(33)17-34-18-31-23-12-13-29-16-26(23)34/h2-10,12-13,15-16,31H,11,14,17-18H2,1H3,(H,30,35). The molecule has 0 spiro atoms. The maximum atomic E-state index is 12.9. The first-order valence-corrected chi connectivity index (χ1v) is 11.8. The summed E-state index contributed by atoms with van der Waals surface area (Å²) in [5, 5.41) is 8.92. The minimum atomic E-state index is -0.0707. The number of imidazole rings is 1. The number of nitrogens with one attached hydrogen (secondary N) is 2. The minimum Gasteiger partial charge on any atom is -0.366 e. The Morgan fingerprint density at radius 3 is 2.91 bits per heavy atom. The predicted octanol–water partition coefficient (Wildman–Crippen LogP) is 4.48. The highest BCUT2D eigenvalue weighted by molar-refractivity contribution is 5.97. The lowest BCUT2D eigenvalue weighted by molar-refractivity contribution is 0.0954. The number of hydrogen-bond acceptors (Lipinski definition) is 5. The molecule has 0 unspecified atom stereocenters. The Kier molecular flexibility index (Phi) is 5.29. The van der Waals surface area contributed by atoms with Crippen molar-refractivity contribution < 1.29 is 4.79 Å². The van der Waals surface area contributed by atoms with Crippen LogP contribution in [-0.4, -0.2) is 33.7 Å². The summed E-state index contributed by atoms with van der Waals surface area (Å²) in [6.45, 7) is 1.95. The molecule has 2 aromatic heterocycles. The van der Waals surface area contributed by atoms with Crippen molar-refractivity contribution in [3.05, 3.63) is 96.1 Å². The van der Waals surface area contributed by atoms with E-state index in [4.69, 9.17) is 4.98 Å². The van der Waals surface area contributed by atoms with Gasteiger partial charge in [-0.1, -0.05) is 42.5 Å². The van der Waals surface area contributed by atoms with Crippen molar-refractivity contribution in [3.8, 4) is 0 Å². The van der Waals surface area contributed by atoms with Crippen molar-refractivity contribution in [2.24, 2.45) is 7.05 Å². The second kappa shape index (κ2) is 8.76. The Morgan fingerprint density at radius 1 is 1.09 bits per heavy atom. The smallest absolute Gasteiger partial charge is 0.251 e. The number of rotatable bonds is 6. The highest BCUT2D eigenvalue weighted by Gasteiger charge is 2.21. The molecule has 7 nitrogen and oxygen atoms in total. The van der Waals surface area contributed by atoms with Gasteiger partial charge in [-0.3, -0.25) is 9.78 Å². The van der Waals surface area contributed by atoms with Crippen molar-refractivity contribution in [1.82, 2.24) is 19.9 Å². The molecule has 6 rings (SSSR count). The van der Waals surface area contributed by atoms with Crippen molar-refractivity contribution in [2.75, 3.05) is 23.4 Å². The number of fused-ring (bicyclic) bond motifs is 3. The summed E-state index contributed by atoms with van der Waals surface area (Å²) in [5.41, 5.74) is 5.87. The molecule has 5 aromatic rings. The predicted molar refractivity (Wildman–Crippen MR) is 140 cm³/mol. The van der Waals surface area contributed by atoms with E-state index >= 15 is 0 Å². The fraction of sp³-hybridized carbons (Fsp3) is 0.179. The molecule has 0 saturated heterocycles. The normalized spacial score (nSPS) is 12.7. The molecule has 1 aliphatic rings. The molecule has 1 amide bonds. The number of pyridine rings is 1. The summed E-state index contributed by atoms with van der Waals surface area (Å²) in [4.78, 5) is 24.2. The van der Waals surface area contributed by atoms with Crippen molar-refractivity contribution in [1.29, 1.82) is 0 Å². The average Bonchev–Trinajstić information content (AvgIpc) is 3.44. The van der Waals surface area contributed by atoms with Crippen LogP contribution in [-0.2, 0) is 20.0 Å². The van der Waals surface area contributed by atoms with Crippen LogP contribution in [0.25, 0.3) is 21.8 Å². The number of aromatic nitrogens is 3. The highest BCUT2D eigenvalue weighted by Crippen LogP contribution is 2.31. The lowest BCUT2D eigenvalue weighted by Gasteiger charge is -2.17. The van der Waals surface area contributed by atoms with Crippen LogP contribution in [0.1, 0.15) is 21.7 Å². The quantitative estimate of drug-likeness (QED) is 0.389. The maximum Gasteiger partial charge on any atom is 0.251 e. The summed E-state index contributed by atoms with van der Waals surface area (Å²) in [5.74, 6) is 0.866. The largest absolute Gasteiger partial charge is 0.366 e. The molecule has 2 N–H and O–H groups in total. The van der Waals surface area contributed by atoms with E-state index in [1.807, 2.05) is 43.6 Å². The van der Waals surface area contributed by atoms with Gasteiger partial charge in [-0.25, -0.2) is 4.98 Å². The number of amides is 1. The van der Waals surface area contributed by atoms with Gasteiger partial charge in [0.05, 0.1) is 41.8 Å². The van der Waals surface area contributed by atoms with Crippen LogP contribution < -0.4 is 15.5 Å². The van der Waals surface area contributed by atoms with E-state index in [0.717, 1.165) is 34.7 Å². The summed E-state index contributed by atoms with van der Waals surface area (Å²) in [7, 11) is 2.00. The molecule has 0 fully saturated rings. The Balaban J connectivity index is 1.16. The number of benzene rings is 3. The van der Waals surface area contributed by atoms with Crippen LogP contribution in [0, 0.1) is 0 Å². The molecule has 174 valence electrons. The number of anilines is 2. The topological polar surface area (TPSA) is 75.1 Å². The van der Waals surface area contributed by atoms with Crippen molar-refractivity contribution >= 4 is 39.1 Å². The number of hydrogen-bond donors (Lipinski definition) is 2. The molecule has 1 aliphatic heterocycles. The minimum absolute atomic E-state index is 0.0707. The molecular weight excluding hydrogens is 436 g/mol. The second-order valence-electron chi connectivity index (χ2n) is 8.86. The molecule has 0 aliphatic carbocycles. The lowest BCUT2D eigenvalue weighted by Crippen LogP contribution is -2.25. The first-order valence-electron chi connectivity index (χ1n) is 11.8. The van der Waals surface area contributed by atoms with Crippen molar-refractivity contribution in [2.45, 2.75) is 13.0 Å². The van der Waals surface area contributed by atoms with E-state index in [1.54, 1.807) is 6.20 Å². The molecular formula is C28H26N6O. The number of carbonyl (C=O) groups is 1. The monoisotopic (exact) mass is 462 g/mol. The Labute approximate surface area is 203 Å². The molecule has 0 saturated carbocycles. The van der Waals surface area contributed by atoms with Gasteiger partial charge in [0.25, 0.3) is 5.91 Å². The van der Waals surface area contributed by atoms with E-state index in [1.165, 1.54) is 16.3 Å². The van der Waals surface area contributed by atoms with E-state index in [9.17, 15) is 4.79 Å². The fourth-order valence-electron chi connectivity index (χ4n) is 4.81. The third-order valence-corrected chi connectivity index (χ3v) is 6.73. The van der Waals surface area contributed by atoms with E-state index in [2.05, 4.69) is 61.5 Å². The zero-order chi connectivity index (χ0) is 23.8. The lowest BCUT2D eigenvalue weighted by atomic mass is 10.0. The van der Waals surface area contributed by atoms with Gasteiger partial charge in [-0.2, -0.15) is 0 Å². The molecule has 3 heterocycles. The molecule has 0 bridgehead atoms. The van der Waals surface area contributed by atoms with Gasteiger partial charge in [-0.05, 0) is 47.0 Å². The highest BCUT2D eigenvalue weighted by atomic mass is 16.1. The van der Waals surface area contributed by atoms with Gasteiger partial charge < -0.3 is 20.1 Å². The summed E-state index contributed by atoms with van der Waals surface area (Å²) >= 11 is 0. The first-order chi connectivity index (χ1) is 17.2.